The van der Waals surface area contributed by atoms with Gasteiger partial charge in [0, 0.05) is 11.3 Å². The molecular formula is C10H13ClFNO2. The number of rotatable bonds is 3. The normalized spacial score (nSPS) is 15.0. The van der Waals surface area contributed by atoms with Crippen LogP contribution in [0.15, 0.2) is 12.1 Å². The number of alkyl halides is 1. The number of benzene rings is 1. The van der Waals surface area contributed by atoms with E-state index in [4.69, 9.17) is 17.3 Å². The summed E-state index contributed by atoms with van der Waals surface area (Å²) in [4.78, 5) is 0. The van der Waals surface area contributed by atoms with Crippen molar-refractivity contribution in [1.82, 2.24) is 0 Å². The Balaban J connectivity index is 3.09. The first kappa shape index (κ1) is 12.2. The second-order valence-corrected chi connectivity index (χ2v) is 3.71. The number of aliphatic hydroxyl groups excluding tert-OH is 2. The lowest BCUT2D eigenvalue weighted by Gasteiger charge is -2.17. The van der Waals surface area contributed by atoms with Crippen molar-refractivity contribution >= 4 is 17.3 Å². The molecule has 3 nitrogen and oxygen atoms in total. The largest absolute Gasteiger partial charge is 0.399 e. The van der Waals surface area contributed by atoms with Gasteiger partial charge in [-0.1, -0.05) is 0 Å². The molecule has 1 rings (SSSR count). The Hall–Kier alpha value is -0.840. The molecular weight excluding hydrogens is 221 g/mol. The third-order valence-corrected chi connectivity index (χ3v) is 2.54. The van der Waals surface area contributed by atoms with E-state index in [1.54, 1.807) is 6.92 Å². The fourth-order valence-electron chi connectivity index (χ4n) is 1.23. The fraction of sp³-hybridized carbons (Fsp3) is 0.400. The molecule has 5 heteroatoms. The lowest BCUT2D eigenvalue weighted by molar-refractivity contribution is 0.0305. The van der Waals surface area contributed by atoms with E-state index in [-0.39, 0.29) is 11.4 Å². The maximum Gasteiger partial charge on any atom is 0.129 e. The van der Waals surface area contributed by atoms with Crippen molar-refractivity contribution in [3.05, 3.63) is 29.1 Å². The quantitative estimate of drug-likeness (QED) is 0.545. The summed E-state index contributed by atoms with van der Waals surface area (Å²) in [6, 6.07) is 2.53. The van der Waals surface area contributed by atoms with Crippen molar-refractivity contribution in [3.8, 4) is 0 Å². The first-order valence-corrected chi connectivity index (χ1v) is 4.98. The maximum absolute atomic E-state index is 13.4. The van der Waals surface area contributed by atoms with Crippen LogP contribution >= 0.6 is 11.6 Å². The molecule has 4 N–H and O–H groups in total. The first-order valence-electron chi connectivity index (χ1n) is 4.45. The summed E-state index contributed by atoms with van der Waals surface area (Å²) in [5.41, 5.74) is 6.50. The Bertz CT molecular complexity index is 360. The zero-order chi connectivity index (χ0) is 11.6. The molecule has 0 spiro atoms. The molecule has 84 valence electrons. The van der Waals surface area contributed by atoms with Gasteiger partial charge < -0.3 is 15.9 Å². The van der Waals surface area contributed by atoms with Crippen molar-refractivity contribution in [3.63, 3.8) is 0 Å². The van der Waals surface area contributed by atoms with Crippen LogP contribution in [-0.2, 0) is 0 Å². The Morgan fingerprint density at radius 3 is 2.60 bits per heavy atom. The zero-order valence-corrected chi connectivity index (χ0v) is 9.00. The average molecular weight is 234 g/mol. The van der Waals surface area contributed by atoms with Crippen molar-refractivity contribution in [2.75, 3.05) is 11.6 Å². The predicted molar refractivity (Wildman–Crippen MR) is 57.2 cm³/mol. The summed E-state index contributed by atoms with van der Waals surface area (Å²) in [6.45, 7) is 1.66. The predicted octanol–water partition coefficient (Wildman–Crippen LogP) is 1.35. The van der Waals surface area contributed by atoms with E-state index < -0.39 is 18.0 Å². The fourth-order valence-corrected chi connectivity index (χ4v) is 1.39. The molecule has 2 atom stereocenters. The summed E-state index contributed by atoms with van der Waals surface area (Å²) < 4.78 is 13.4. The standard InChI is InChI=1S/C10H13ClFNO2/c1-5-2-7(12)6(3-8(5)13)10(15)9(14)4-11/h2-3,9-10,14-15H,4,13H2,1H3. The molecule has 1 aromatic rings. The first-order chi connectivity index (χ1) is 6.97. The highest BCUT2D eigenvalue weighted by Crippen LogP contribution is 2.25. The molecule has 0 heterocycles. The van der Waals surface area contributed by atoms with E-state index in [0.717, 1.165) is 0 Å². The van der Waals surface area contributed by atoms with E-state index in [9.17, 15) is 14.6 Å². The van der Waals surface area contributed by atoms with Gasteiger partial charge in [-0.15, -0.1) is 11.6 Å². The smallest absolute Gasteiger partial charge is 0.129 e. The van der Waals surface area contributed by atoms with E-state index >= 15 is 0 Å². The number of aliphatic hydroxyl groups is 2. The lowest BCUT2D eigenvalue weighted by atomic mass is 10.0. The number of nitrogen functional groups attached to an aromatic ring is 1. The summed E-state index contributed by atoms with van der Waals surface area (Å²) in [6.07, 6.45) is -2.56. The van der Waals surface area contributed by atoms with Gasteiger partial charge in [-0.25, -0.2) is 4.39 Å². The lowest BCUT2D eigenvalue weighted by Crippen LogP contribution is -2.21. The van der Waals surface area contributed by atoms with Crippen LogP contribution in [0, 0.1) is 12.7 Å². The van der Waals surface area contributed by atoms with Gasteiger partial charge in [0.2, 0.25) is 0 Å². The highest BCUT2D eigenvalue weighted by molar-refractivity contribution is 6.18. The highest BCUT2D eigenvalue weighted by atomic mass is 35.5. The minimum absolute atomic E-state index is 0.0359. The molecule has 0 aromatic heterocycles. The monoisotopic (exact) mass is 233 g/mol. The number of aryl methyl sites for hydroxylation is 1. The summed E-state index contributed by atoms with van der Waals surface area (Å²) >= 11 is 5.36. The van der Waals surface area contributed by atoms with E-state index in [2.05, 4.69) is 0 Å². The second kappa shape index (κ2) is 4.79. The van der Waals surface area contributed by atoms with Crippen LogP contribution in [0.3, 0.4) is 0 Å². The van der Waals surface area contributed by atoms with Crippen LogP contribution in [0.25, 0.3) is 0 Å². The number of hydrogen-bond acceptors (Lipinski definition) is 3. The molecule has 0 saturated heterocycles. The van der Waals surface area contributed by atoms with Gasteiger partial charge in [0.1, 0.15) is 11.9 Å². The Morgan fingerprint density at radius 2 is 2.07 bits per heavy atom. The number of hydrogen-bond donors (Lipinski definition) is 3. The topological polar surface area (TPSA) is 66.5 Å². The van der Waals surface area contributed by atoms with Gasteiger partial charge in [-0.05, 0) is 24.6 Å². The molecule has 1 aromatic carbocycles. The molecule has 0 bridgehead atoms. The molecule has 0 saturated carbocycles. The van der Waals surface area contributed by atoms with Crippen LogP contribution in [0.1, 0.15) is 17.2 Å². The van der Waals surface area contributed by atoms with Gasteiger partial charge in [-0.3, -0.25) is 0 Å². The Labute approximate surface area is 92.3 Å². The van der Waals surface area contributed by atoms with Crippen molar-refractivity contribution < 1.29 is 14.6 Å². The minimum atomic E-state index is -1.36. The molecule has 0 aliphatic rings. The highest BCUT2D eigenvalue weighted by Gasteiger charge is 2.21. The third-order valence-electron chi connectivity index (χ3n) is 2.23. The molecule has 15 heavy (non-hydrogen) atoms. The number of halogens is 2. The average Bonchev–Trinajstić information content (AvgIpc) is 2.21. The van der Waals surface area contributed by atoms with E-state index in [1.165, 1.54) is 12.1 Å². The van der Waals surface area contributed by atoms with E-state index in [0.29, 0.717) is 11.3 Å². The number of nitrogens with two attached hydrogens (primary N) is 1. The Kier molecular flexibility index (Phi) is 3.90. The van der Waals surface area contributed by atoms with Gasteiger partial charge in [-0.2, -0.15) is 0 Å². The van der Waals surface area contributed by atoms with Gasteiger partial charge >= 0.3 is 0 Å². The molecule has 0 fully saturated rings. The summed E-state index contributed by atoms with van der Waals surface area (Å²) in [7, 11) is 0. The summed E-state index contributed by atoms with van der Waals surface area (Å²) in [5, 5.41) is 18.8. The molecule has 0 aliphatic carbocycles. The third kappa shape index (κ3) is 2.59. The van der Waals surface area contributed by atoms with Crippen molar-refractivity contribution in [2.24, 2.45) is 0 Å². The molecule has 0 aliphatic heterocycles. The van der Waals surface area contributed by atoms with Crippen molar-refractivity contribution in [2.45, 2.75) is 19.1 Å². The maximum atomic E-state index is 13.4. The van der Waals surface area contributed by atoms with Crippen LogP contribution in [0.5, 0.6) is 0 Å². The SMILES string of the molecule is Cc1cc(F)c(C(O)C(O)CCl)cc1N. The Morgan fingerprint density at radius 1 is 1.47 bits per heavy atom. The van der Waals surface area contributed by atoms with Gasteiger partial charge in [0.25, 0.3) is 0 Å². The van der Waals surface area contributed by atoms with Crippen LogP contribution in [-0.4, -0.2) is 22.2 Å². The second-order valence-electron chi connectivity index (χ2n) is 3.40. The molecule has 0 radical (unpaired) electrons. The summed E-state index contributed by atoms with van der Waals surface area (Å²) in [5.74, 6) is -0.771. The van der Waals surface area contributed by atoms with Gasteiger partial charge in [0.15, 0.2) is 0 Å². The molecule has 2 unspecified atom stereocenters. The van der Waals surface area contributed by atoms with Crippen LogP contribution in [0.4, 0.5) is 10.1 Å². The van der Waals surface area contributed by atoms with Crippen LogP contribution in [0.2, 0.25) is 0 Å². The van der Waals surface area contributed by atoms with Gasteiger partial charge in [0.05, 0.1) is 12.0 Å². The molecule has 0 amide bonds. The minimum Gasteiger partial charge on any atom is -0.399 e. The van der Waals surface area contributed by atoms with Crippen molar-refractivity contribution in [1.29, 1.82) is 0 Å². The zero-order valence-electron chi connectivity index (χ0n) is 8.24. The van der Waals surface area contributed by atoms with E-state index in [1.807, 2.05) is 0 Å². The van der Waals surface area contributed by atoms with Crippen LogP contribution < -0.4 is 5.73 Å². The number of anilines is 1.